The number of piperidine rings is 1. The van der Waals surface area contributed by atoms with Crippen LogP contribution in [0, 0.1) is 5.92 Å². The molecule has 0 unspecified atom stereocenters. The molecule has 8 nitrogen and oxygen atoms in total. The second-order valence-corrected chi connectivity index (χ2v) is 10.4. The van der Waals surface area contributed by atoms with Crippen LogP contribution in [0.2, 0.25) is 0 Å². The van der Waals surface area contributed by atoms with Crippen LogP contribution in [0.15, 0.2) is 18.2 Å². The van der Waals surface area contributed by atoms with Crippen molar-refractivity contribution in [1.82, 2.24) is 9.97 Å². The molecule has 0 bridgehead atoms. The van der Waals surface area contributed by atoms with Crippen molar-refractivity contribution in [3.8, 4) is 11.5 Å². The number of carbonyl (C=O) groups excluding carboxylic acids is 1. The number of ether oxygens (including phenoxy) is 3. The molecule has 3 aromatic rings. The largest absolute Gasteiger partial charge is 0.493 e. The maximum absolute atomic E-state index is 12.2. The third kappa shape index (κ3) is 4.93. The number of aromatic nitrogens is 2. The molecule has 1 N–H and O–H groups in total. The van der Waals surface area contributed by atoms with Crippen LogP contribution in [0.4, 0.5) is 11.8 Å². The molecule has 36 heavy (non-hydrogen) atoms. The minimum Gasteiger partial charge on any atom is -0.493 e. The molecular weight excluding hydrogens is 476 g/mol. The van der Waals surface area contributed by atoms with E-state index in [0.29, 0.717) is 24.7 Å². The molecule has 3 heterocycles. The van der Waals surface area contributed by atoms with Gasteiger partial charge < -0.3 is 24.4 Å². The van der Waals surface area contributed by atoms with E-state index in [-0.39, 0.29) is 11.9 Å². The topological polar surface area (TPSA) is 85.8 Å². The summed E-state index contributed by atoms with van der Waals surface area (Å²) in [4.78, 5) is 26.9. The van der Waals surface area contributed by atoms with Crippen molar-refractivity contribution in [2.24, 2.45) is 5.92 Å². The van der Waals surface area contributed by atoms with E-state index in [4.69, 9.17) is 24.2 Å². The first-order valence-corrected chi connectivity index (χ1v) is 13.6. The summed E-state index contributed by atoms with van der Waals surface area (Å²) in [6, 6.07) is 5.96. The van der Waals surface area contributed by atoms with Gasteiger partial charge >= 0.3 is 5.97 Å². The number of aryl methyl sites for hydroxylation is 2. The number of rotatable bonds is 8. The van der Waals surface area contributed by atoms with E-state index in [1.165, 1.54) is 28.7 Å². The van der Waals surface area contributed by atoms with E-state index in [0.717, 1.165) is 60.9 Å². The predicted octanol–water partition coefficient (Wildman–Crippen LogP) is 4.98. The number of nitrogens with zero attached hydrogens (tertiary/aromatic N) is 3. The molecular formula is C27H34N4O4S. The molecule has 2 aromatic heterocycles. The Morgan fingerprint density at radius 1 is 1.11 bits per heavy atom. The van der Waals surface area contributed by atoms with E-state index < -0.39 is 0 Å². The van der Waals surface area contributed by atoms with Crippen molar-refractivity contribution in [2.45, 2.75) is 52.0 Å². The summed E-state index contributed by atoms with van der Waals surface area (Å²) in [5.41, 5.74) is 2.49. The maximum Gasteiger partial charge on any atom is 0.309 e. The number of thiophene rings is 1. The fourth-order valence-electron chi connectivity index (χ4n) is 5.17. The zero-order valence-corrected chi connectivity index (χ0v) is 22.1. The van der Waals surface area contributed by atoms with E-state index in [2.05, 4.69) is 10.2 Å². The highest BCUT2D eigenvalue weighted by Gasteiger charge is 2.29. The Bertz CT molecular complexity index is 1240. The fraction of sp³-hybridized carbons (Fsp3) is 0.519. The van der Waals surface area contributed by atoms with Crippen molar-refractivity contribution in [1.29, 1.82) is 0 Å². The summed E-state index contributed by atoms with van der Waals surface area (Å²) in [7, 11) is 3.29. The van der Waals surface area contributed by atoms with Crippen LogP contribution in [-0.4, -0.2) is 49.9 Å². The monoisotopic (exact) mass is 510 g/mol. The quantitative estimate of drug-likeness (QED) is 0.425. The summed E-state index contributed by atoms with van der Waals surface area (Å²) >= 11 is 1.81. The molecule has 9 heteroatoms. The third-order valence-corrected chi connectivity index (χ3v) is 8.29. The standard InChI is InChI=1S/C27H34N4O4S/c1-4-35-26(32)18-11-13-31(14-12-18)27-29-24(23-19-7-5-6-8-22(19)36-25(23)30-27)28-16-17-9-10-20(33-2)21(15-17)34-3/h9-10,15,18H,4-8,11-14,16H2,1-3H3,(H,28,29,30). The average Bonchev–Trinajstić information content (AvgIpc) is 3.30. The zero-order chi connectivity index (χ0) is 25.1. The van der Waals surface area contributed by atoms with Crippen LogP contribution in [0.1, 0.15) is 48.6 Å². The van der Waals surface area contributed by atoms with Crippen LogP contribution in [-0.2, 0) is 28.9 Å². The molecule has 0 amide bonds. The molecule has 5 rings (SSSR count). The SMILES string of the molecule is CCOC(=O)C1CCN(c2nc(NCc3ccc(OC)c(OC)c3)c3c4c(sc3n2)CCCC4)CC1. The number of hydrogen-bond donors (Lipinski definition) is 1. The Labute approximate surface area is 216 Å². The predicted molar refractivity (Wildman–Crippen MR) is 142 cm³/mol. The number of carbonyl (C=O) groups is 1. The Morgan fingerprint density at radius 3 is 2.64 bits per heavy atom. The summed E-state index contributed by atoms with van der Waals surface area (Å²) in [6.07, 6.45) is 6.15. The Kier molecular flexibility index (Phi) is 7.46. The number of anilines is 2. The molecule has 1 aliphatic carbocycles. The number of esters is 1. The number of fused-ring (bicyclic) bond motifs is 3. The van der Waals surface area contributed by atoms with Gasteiger partial charge in [0.1, 0.15) is 10.6 Å². The molecule has 0 saturated carbocycles. The smallest absolute Gasteiger partial charge is 0.309 e. The van der Waals surface area contributed by atoms with Gasteiger partial charge in [0.05, 0.1) is 32.1 Å². The highest BCUT2D eigenvalue weighted by molar-refractivity contribution is 7.19. The van der Waals surface area contributed by atoms with Crippen LogP contribution in [0.25, 0.3) is 10.2 Å². The Balaban J connectivity index is 1.42. The molecule has 1 aromatic carbocycles. The normalized spacial score (nSPS) is 16.0. The number of nitrogens with one attached hydrogen (secondary N) is 1. The Morgan fingerprint density at radius 2 is 1.89 bits per heavy atom. The molecule has 0 atom stereocenters. The van der Waals surface area contributed by atoms with Crippen LogP contribution < -0.4 is 19.7 Å². The summed E-state index contributed by atoms with van der Waals surface area (Å²) in [5.74, 6) is 2.92. The van der Waals surface area contributed by atoms with E-state index in [9.17, 15) is 4.79 Å². The first-order valence-electron chi connectivity index (χ1n) is 12.8. The molecule has 0 radical (unpaired) electrons. The highest BCUT2D eigenvalue weighted by Crippen LogP contribution is 2.40. The third-order valence-electron chi connectivity index (χ3n) is 7.11. The highest BCUT2D eigenvalue weighted by atomic mass is 32.1. The van der Waals surface area contributed by atoms with Gasteiger partial charge in [0, 0.05) is 24.5 Å². The van der Waals surface area contributed by atoms with E-state index in [1.54, 1.807) is 14.2 Å². The average molecular weight is 511 g/mol. The number of hydrogen-bond acceptors (Lipinski definition) is 9. The first-order chi connectivity index (χ1) is 17.6. The van der Waals surface area contributed by atoms with Gasteiger partial charge in [0.2, 0.25) is 5.95 Å². The van der Waals surface area contributed by atoms with Gasteiger partial charge in [-0.25, -0.2) is 4.98 Å². The molecule has 2 aliphatic rings. The fourth-order valence-corrected chi connectivity index (χ4v) is 6.42. The molecule has 0 spiro atoms. The lowest BCUT2D eigenvalue weighted by atomic mass is 9.96. The van der Waals surface area contributed by atoms with Gasteiger partial charge in [-0.15, -0.1) is 11.3 Å². The minimum atomic E-state index is -0.0864. The lowest BCUT2D eigenvalue weighted by molar-refractivity contribution is -0.148. The zero-order valence-electron chi connectivity index (χ0n) is 21.3. The van der Waals surface area contributed by atoms with Gasteiger partial charge in [-0.3, -0.25) is 4.79 Å². The molecule has 1 saturated heterocycles. The van der Waals surface area contributed by atoms with Gasteiger partial charge in [-0.1, -0.05) is 6.07 Å². The summed E-state index contributed by atoms with van der Waals surface area (Å²) in [6.45, 7) is 4.39. The minimum absolute atomic E-state index is 0.0402. The van der Waals surface area contributed by atoms with Crippen LogP contribution in [0.3, 0.4) is 0 Å². The van der Waals surface area contributed by atoms with Gasteiger partial charge in [-0.2, -0.15) is 4.98 Å². The van der Waals surface area contributed by atoms with E-state index >= 15 is 0 Å². The summed E-state index contributed by atoms with van der Waals surface area (Å²) in [5, 5.41) is 4.78. The van der Waals surface area contributed by atoms with Crippen LogP contribution >= 0.6 is 11.3 Å². The molecule has 1 aliphatic heterocycles. The Hall–Kier alpha value is -3.07. The van der Waals surface area contributed by atoms with Crippen molar-refractivity contribution < 1.29 is 19.0 Å². The molecule has 1 fully saturated rings. The summed E-state index contributed by atoms with van der Waals surface area (Å²) < 4.78 is 16.1. The number of benzene rings is 1. The maximum atomic E-state index is 12.2. The van der Waals surface area contributed by atoms with Crippen molar-refractivity contribution in [3.05, 3.63) is 34.2 Å². The van der Waals surface area contributed by atoms with Gasteiger partial charge in [-0.05, 0) is 68.7 Å². The van der Waals surface area contributed by atoms with Gasteiger partial charge in [0.25, 0.3) is 0 Å². The second-order valence-electron chi connectivity index (χ2n) is 9.32. The lowest BCUT2D eigenvalue weighted by Gasteiger charge is -2.31. The number of methoxy groups -OCH3 is 2. The van der Waals surface area contributed by atoms with E-state index in [1.807, 2.05) is 36.5 Å². The van der Waals surface area contributed by atoms with Crippen molar-refractivity contribution in [3.63, 3.8) is 0 Å². The first kappa shape index (κ1) is 24.6. The molecule has 192 valence electrons. The van der Waals surface area contributed by atoms with Gasteiger partial charge in [0.15, 0.2) is 11.5 Å². The van der Waals surface area contributed by atoms with Crippen LogP contribution in [0.5, 0.6) is 11.5 Å². The second kappa shape index (κ2) is 10.9. The van der Waals surface area contributed by atoms with Crippen molar-refractivity contribution >= 4 is 39.3 Å². The lowest BCUT2D eigenvalue weighted by Crippen LogP contribution is -2.38. The van der Waals surface area contributed by atoms with Crippen molar-refractivity contribution in [2.75, 3.05) is 44.1 Å².